The predicted molar refractivity (Wildman–Crippen MR) is 235 cm³/mol. The van der Waals surface area contributed by atoms with Crippen LogP contribution in [-0.4, -0.2) is 0 Å². The third-order valence-corrected chi connectivity index (χ3v) is 18.5. The first-order chi connectivity index (χ1) is 25.5. The molecule has 0 N–H and O–H groups in total. The standard InChI is InChI=1S/2C27H33.2ClH.Zr/c2*1-25(2,3)22-10-8-18(9-11-22)19-14-20-16-23-24(17-21(20)15-19)27(6,7)13-12-26(23,4)5;;;/h2*8-11,16-17H,12-14H2,1-7H3;2*1H;/q;;;;+2/p-2. The largest absolute Gasteiger partial charge is 1.00 e. The van der Waals surface area contributed by atoms with E-state index in [1.807, 2.05) is 0 Å². The van der Waals surface area contributed by atoms with Crippen molar-refractivity contribution in [2.75, 3.05) is 0 Å². The maximum Gasteiger partial charge on any atom is -1.00 e. The molecule has 0 heterocycles. The quantitative estimate of drug-likeness (QED) is 0.193. The summed E-state index contributed by atoms with van der Waals surface area (Å²) in [6, 6.07) is 30.2. The molecular weight excluding hydrogens is 811 g/mol. The van der Waals surface area contributed by atoms with E-state index >= 15 is 0 Å². The summed E-state index contributed by atoms with van der Waals surface area (Å²) in [6.45, 7) is 34.0. The number of benzene rings is 4. The van der Waals surface area contributed by atoms with Crippen molar-refractivity contribution >= 4 is 17.7 Å². The summed E-state index contributed by atoms with van der Waals surface area (Å²) in [5, 5.41) is 0. The molecule has 0 spiro atoms. The van der Waals surface area contributed by atoms with Gasteiger partial charge in [-0.3, -0.25) is 0 Å². The van der Waals surface area contributed by atoms with E-state index in [0.717, 1.165) is 12.8 Å². The van der Waals surface area contributed by atoms with E-state index in [9.17, 15) is 0 Å². The Hall–Kier alpha value is -2.18. The molecule has 0 fully saturated rings. The Kier molecular flexibility index (Phi) is 11.5. The first kappa shape index (κ1) is 44.4. The molecule has 0 aromatic heterocycles. The van der Waals surface area contributed by atoms with E-state index in [2.05, 4.69) is 170 Å². The Bertz CT molecular complexity index is 2110. The van der Waals surface area contributed by atoms with Crippen molar-refractivity contribution in [1.82, 2.24) is 0 Å². The molecule has 4 aliphatic carbocycles. The van der Waals surface area contributed by atoms with Crippen molar-refractivity contribution < 1.29 is 48.0 Å². The van der Waals surface area contributed by atoms with Gasteiger partial charge in [-0.15, -0.1) is 0 Å². The zero-order chi connectivity index (χ0) is 39.7. The predicted octanol–water partition coefficient (Wildman–Crippen LogP) is 8.62. The van der Waals surface area contributed by atoms with Crippen LogP contribution in [0.1, 0.15) is 189 Å². The molecule has 0 radical (unpaired) electrons. The topological polar surface area (TPSA) is 0 Å². The van der Waals surface area contributed by atoms with Crippen molar-refractivity contribution in [1.29, 1.82) is 0 Å². The maximum absolute atomic E-state index is 2.71. The first-order valence-electron chi connectivity index (χ1n) is 21.3. The third kappa shape index (κ3) is 7.84. The smallest absolute Gasteiger partial charge is 1.00 e. The van der Waals surface area contributed by atoms with Crippen LogP contribution in [0.3, 0.4) is 0 Å². The molecule has 0 atom stereocenters. The van der Waals surface area contributed by atoms with Crippen LogP contribution in [0.25, 0.3) is 17.7 Å². The van der Waals surface area contributed by atoms with E-state index in [1.54, 1.807) is 62.2 Å². The van der Waals surface area contributed by atoms with Gasteiger partial charge in [0.25, 0.3) is 0 Å². The molecule has 0 aliphatic heterocycles. The summed E-state index contributed by atoms with van der Waals surface area (Å²) >= 11 is -1.35. The number of rotatable bonds is 4. The van der Waals surface area contributed by atoms with Gasteiger partial charge in [0.2, 0.25) is 0 Å². The van der Waals surface area contributed by atoms with Gasteiger partial charge in [-0.2, -0.15) is 0 Å². The minimum atomic E-state index is -1.35. The van der Waals surface area contributed by atoms with Crippen molar-refractivity contribution in [3.63, 3.8) is 0 Å². The SMILES string of the molecule is CC(C)(C)c1ccc(C2=[C]([Zr+2][C]3=C(c4ccc(C(C)(C)C)cc4)Cc4cc5c(cc43)C(C)(C)CCC5(C)C)c3cc4c(cc3C2)C(C)(C)CCC4(C)C)cc1.[Cl-].[Cl-]. The van der Waals surface area contributed by atoms with Crippen LogP contribution in [0.2, 0.25) is 0 Å². The summed E-state index contributed by atoms with van der Waals surface area (Å²) < 4.78 is 3.43. The van der Waals surface area contributed by atoms with Crippen LogP contribution in [0.5, 0.6) is 0 Å². The number of hydrogen-bond acceptors (Lipinski definition) is 0. The fraction of sp³-hybridized carbons (Fsp3) is 0.481. The van der Waals surface area contributed by atoms with E-state index in [0.29, 0.717) is 0 Å². The summed E-state index contributed by atoms with van der Waals surface area (Å²) in [5.41, 5.74) is 22.6. The van der Waals surface area contributed by atoms with Crippen molar-refractivity contribution in [3.8, 4) is 0 Å². The summed E-state index contributed by atoms with van der Waals surface area (Å²) in [6.07, 6.45) is 7.09. The van der Waals surface area contributed by atoms with Gasteiger partial charge < -0.3 is 24.8 Å². The molecule has 4 aromatic rings. The van der Waals surface area contributed by atoms with E-state index in [-0.39, 0.29) is 57.3 Å². The van der Waals surface area contributed by atoms with Gasteiger partial charge in [0.05, 0.1) is 0 Å². The van der Waals surface area contributed by atoms with Gasteiger partial charge in [0.1, 0.15) is 0 Å². The fourth-order valence-corrected chi connectivity index (χ4v) is 14.5. The van der Waals surface area contributed by atoms with E-state index in [1.165, 1.54) is 47.9 Å². The summed E-state index contributed by atoms with van der Waals surface area (Å²) in [7, 11) is 0. The molecule has 8 rings (SSSR count). The number of halogens is 2. The molecule has 4 aromatic carbocycles. The average Bonchev–Trinajstić information content (AvgIpc) is 3.65. The second-order valence-electron chi connectivity index (χ2n) is 22.5. The molecule has 3 heteroatoms. The second-order valence-corrected chi connectivity index (χ2v) is 25.6. The Balaban J connectivity index is 0.00000275. The molecule has 4 aliphatic rings. The van der Waals surface area contributed by atoms with Crippen molar-refractivity contribution in [3.05, 3.63) is 140 Å². The van der Waals surface area contributed by atoms with Crippen molar-refractivity contribution in [2.24, 2.45) is 0 Å². The molecule has 0 nitrogen and oxygen atoms in total. The van der Waals surface area contributed by atoms with Gasteiger partial charge in [-0.05, 0) is 0 Å². The minimum absolute atomic E-state index is 0. The van der Waals surface area contributed by atoms with Crippen LogP contribution < -0.4 is 24.8 Å². The van der Waals surface area contributed by atoms with Gasteiger partial charge in [-0.1, -0.05) is 0 Å². The Morgan fingerprint density at radius 1 is 0.421 bits per heavy atom. The van der Waals surface area contributed by atoms with Crippen LogP contribution in [0.15, 0.2) is 72.8 Å². The zero-order valence-corrected chi connectivity index (χ0v) is 41.4. The molecule has 300 valence electrons. The van der Waals surface area contributed by atoms with Crippen LogP contribution in [0, 0.1) is 0 Å². The van der Waals surface area contributed by atoms with Crippen molar-refractivity contribution in [2.45, 2.75) is 168 Å². The molecule has 0 unspecified atom stereocenters. The second kappa shape index (κ2) is 14.8. The molecule has 0 bridgehead atoms. The monoisotopic (exact) mass is 874 g/mol. The Morgan fingerprint density at radius 3 is 0.982 bits per heavy atom. The van der Waals surface area contributed by atoms with Gasteiger partial charge >= 0.3 is 348 Å². The fourth-order valence-electron chi connectivity index (χ4n) is 10.2. The third-order valence-electron chi connectivity index (χ3n) is 14.5. The summed E-state index contributed by atoms with van der Waals surface area (Å²) in [4.78, 5) is 0. The molecule has 0 saturated heterocycles. The van der Waals surface area contributed by atoms with E-state index in [4.69, 9.17) is 0 Å². The Morgan fingerprint density at radius 2 is 0.702 bits per heavy atom. The van der Waals surface area contributed by atoms with Gasteiger partial charge in [0, 0.05) is 0 Å². The molecule has 57 heavy (non-hydrogen) atoms. The molecular formula is C54H66Cl2Zr. The van der Waals surface area contributed by atoms with Crippen LogP contribution >= 0.6 is 0 Å². The first-order valence-corrected chi connectivity index (χ1v) is 23.7. The maximum atomic E-state index is 2.71. The number of hydrogen-bond donors (Lipinski definition) is 0. The zero-order valence-electron chi connectivity index (χ0n) is 37.4. The number of allylic oxidation sites excluding steroid dienone is 2. The minimum Gasteiger partial charge on any atom is -1.00 e. The average molecular weight is 877 g/mol. The normalized spacial score (nSPS) is 19.8. The van der Waals surface area contributed by atoms with Crippen LogP contribution in [-0.2, 0) is 68.6 Å². The molecule has 0 amide bonds. The van der Waals surface area contributed by atoms with Gasteiger partial charge in [-0.25, -0.2) is 0 Å². The summed E-state index contributed by atoms with van der Waals surface area (Å²) in [5.74, 6) is 0. The van der Waals surface area contributed by atoms with E-state index < -0.39 is 23.2 Å². The molecule has 0 saturated carbocycles. The number of fused-ring (bicyclic) bond motifs is 4. The van der Waals surface area contributed by atoms with Crippen LogP contribution in [0.4, 0.5) is 0 Å². The Labute approximate surface area is 370 Å². The van der Waals surface area contributed by atoms with Gasteiger partial charge in [0.15, 0.2) is 0 Å².